The molecule has 1 heterocycles. The quantitative estimate of drug-likeness (QED) is 0.696. The Balaban J connectivity index is 1.90. The third kappa shape index (κ3) is 6.38. The fraction of sp³-hybridized carbons (Fsp3) is 0.350. The van der Waals surface area contributed by atoms with E-state index in [4.69, 9.17) is 4.74 Å². The summed E-state index contributed by atoms with van der Waals surface area (Å²) in [6.45, 7) is 1.72. The molecule has 2 amide bonds. The maximum absolute atomic E-state index is 12.3. The fourth-order valence-electron chi connectivity index (χ4n) is 2.50. The molecule has 0 aliphatic rings. The van der Waals surface area contributed by atoms with Gasteiger partial charge in [-0.3, -0.25) is 14.6 Å². The first-order valence-electron chi connectivity index (χ1n) is 8.80. The molecule has 0 unspecified atom stereocenters. The summed E-state index contributed by atoms with van der Waals surface area (Å²) in [6, 6.07) is 10.8. The van der Waals surface area contributed by atoms with Crippen molar-refractivity contribution >= 4 is 11.8 Å². The highest BCUT2D eigenvalue weighted by molar-refractivity contribution is 5.98. The highest BCUT2D eigenvalue weighted by atomic mass is 16.5. The number of amides is 2. The number of likely N-dealkylation sites (N-methyl/N-ethyl adjacent to an activating group) is 1. The van der Waals surface area contributed by atoms with Gasteiger partial charge in [0.1, 0.15) is 11.4 Å². The van der Waals surface area contributed by atoms with Crippen molar-refractivity contribution in [2.24, 2.45) is 0 Å². The predicted octanol–water partition coefficient (Wildman–Crippen LogP) is 1.35. The Morgan fingerprint density at radius 2 is 1.81 bits per heavy atom. The van der Waals surface area contributed by atoms with E-state index in [0.29, 0.717) is 25.1 Å². The molecule has 144 valence electrons. The minimum absolute atomic E-state index is 0.218. The maximum Gasteiger partial charge on any atom is 0.269 e. The number of benzene rings is 1. The van der Waals surface area contributed by atoms with Crippen molar-refractivity contribution in [1.29, 1.82) is 0 Å². The Kier molecular flexibility index (Phi) is 7.76. The Morgan fingerprint density at radius 3 is 2.56 bits per heavy atom. The molecule has 0 aliphatic heterocycles. The Labute approximate surface area is 159 Å². The summed E-state index contributed by atoms with van der Waals surface area (Å²) in [5.74, 6) is 0.261. The zero-order valence-electron chi connectivity index (χ0n) is 16.0. The molecule has 2 aromatic rings. The number of nitrogens with one attached hydrogen (secondary N) is 2. The second-order valence-corrected chi connectivity index (χ2v) is 6.31. The fourth-order valence-corrected chi connectivity index (χ4v) is 2.50. The number of nitrogens with zero attached hydrogens (tertiary/aromatic N) is 2. The molecular weight excluding hydrogens is 344 g/mol. The van der Waals surface area contributed by atoms with Crippen LogP contribution in [-0.2, 0) is 6.42 Å². The van der Waals surface area contributed by atoms with Crippen LogP contribution in [0.25, 0.3) is 0 Å². The van der Waals surface area contributed by atoms with Gasteiger partial charge in [-0.25, -0.2) is 0 Å². The maximum atomic E-state index is 12.3. The van der Waals surface area contributed by atoms with E-state index in [0.717, 1.165) is 17.9 Å². The van der Waals surface area contributed by atoms with Crippen molar-refractivity contribution in [2.75, 3.05) is 40.8 Å². The number of hydrogen-bond acceptors (Lipinski definition) is 5. The molecule has 0 saturated heterocycles. The van der Waals surface area contributed by atoms with Gasteiger partial charge in [0.05, 0.1) is 7.11 Å². The lowest BCUT2D eigenvalue weighted by molar-refractivity contribution is 0.0949. The number of carbonyl (C=O) groups is 2. The lowest BCUT2D eigenvalue weighted by Crippen LogP contribution is -2.32. The number of ether oxygens (including phenoxy) is 1. The topological polar surface area (TPSA) is 83.6 Å². The molecule has 7 heteroatoms. The number of hydrogen-bond donors (Lipinski definition) is 2. The third-order valence-corrected chi connectivity index (χ3v) is 3.97. The van der Waals surface area contributed by atoms with E-state index in [1.165, 1.54) is 12.3 Å². The highest BCUT2D eigenvalue weighted by Crippen LogP contribution is 2.17. The van der Waals surface area contributed by atoms with Gasteiger partial charge in [-0.1, -0.05) is 18.2 Å². The molecule has 1 aromatic carbocycles. The normalized spacial score (nSPS) is 10.5. The largest absolute Gasteiger partial charge is 0.496 e. The first-order valence-corrected chi connectivity index (χ1v) is 8.80. The van der Waals surface area contributed by atoms with Crippen LogP contribution in [0.15, 0.2) is 42.6 Å². The van der Waals surface area contributed by atoms with Gasteiger partial charge >= 0.3 is 0 Å². The second-order valence-electron chi connectivity index (χ2n) is 6.31. The number of pyridine rings is 1. The molecule has 0 radical (unpaired) electrons. The van der Waals surface area contributed by atoms with Crippen molar-refractivity contribution in [1.82, 2.24) is 20.5 Å². The van der Waals surface area contributed by atoms with Gasteiger partial charge in [-0.2, -0.15) is 0 Å². The van der Waals surface area contributed by atoms with Crippen LogP contribution in [0.2, 0.25) is 0 Å². The minimum Gasteiger partial charge on any atom is -0.496 e. The van der Waals surface area contributed by atoms with Gasteiger partial charge in [0.2, 0.25) is 0 Å². The van der Waals surface area contributed by atoms with Crippen LogP contribution in [0.5, 0.6) is 5.75 Å². The van der Waals surface area contributed by atoms with Crippen LogP contribution < -0.4 is 15.4 Å². The van der Waals surface area contributed by atoms with E-state index in [-0.39, 0.29) is 17.5 Å². The van der Waals surface area contributed by atoms with Gasteiger partial charge in [0, 0.05) is 31.4 Å². The van der Waals surface area contributed by atoms with E-state index >= 15 is 0 Å². The van der Waals surface area contributed by atoms with Crippen LogP contribution in [0, 0.1) is 0 Å². The summed E-state index contributed by atoms with van der Waals surface area (Å²) in [5.41, 5.74) is 1.65. The number of methoxy groups -OCH3 is 1. The van der Waals surface area contributed by atoms with Crippen molar-refractivity contribution in [3.8, 4) is 5.75 Å². The lowest BCUT2D eigenvalue weighted by Gasteiger charge is -2.11. The molecule has 0 saturated carbocycles. The Hall–Kier alpha value is -2.93. The summed E-state index contributed by atoms with van der Waals surface area (Å²) in [7, 11) is 5.49. The van der Waals surface area contributed by atoms with Crippen LogP contribution in [0.4, 0.5) is 0 Å². The zero-order chi connectivity index (χ0) is 19.6. The first kappa shape index (κ1) is 20.4. The molecule has 1 aromatic heterocycles. The van der Waals surface area contributed by atoms with Crippen molar-refractivity contribution in [2.45, 2.75) is 6.42 Å². The first-order chi connectivity index (χ1) is 13.0. The van der Waals surface area contributed by atoms with E-state index in [2.05, 4.69) is 15.6 Å². The van der Waals surface area contributed by atoms with Gasteiger partial charge in [0.15, 0.2) is 0 Å². The molecule has 2 N–H and O–H groups in total. The van der Waals surface area contributed by atoms with Crippen molar-refractivity contribution < 1.29 is 14.3 Å². The van der Waals surface area contributed by atoms with Gasteiger partial charge in [-0.05, 0) is 44.3 Å². The van der Waals surface area contributed by atoms with Crippen LogP contribution in [0.3, 0.4) is 0 Å². The van der Waals surface area contributed by atoms with E-state index in [1.54, 1.807) is 13.2 Å². The molecule has 0 spiro atoms. The summed E-state index contributed by atoms with van der Waals surface area (Å²) in [6.07, 6.45) is 2.11. The summed E-state index contributed by atoms with van der Waals surface area (Å²) in [4.78, 5) is 30.5. The summed E-state index contributed by atoms with van der Waals surface area (Å²) < 4.78 is 5.30. The molecule has 0 atom stereocenters. The average Bonchev–Trinajstić information content (AvgIpc) is 2.68. The highest BCUT2D eigenvalue weighted by Gasteiger charge is 2.12. The van der Waals surface area contributed by atoms with E-state index < -0.39 is 0 Å². The smallest absolute Gasteiger partial charge is 0.269 e. The molecular formula is C20H26N4O3. The minimum atomic E-state index is -0.312. The number of rotatable bonds is 9. The van der Waals surface area contributed by atoms with Gasteiger partial charge in [0.25, 0.3) is 11.8 Å². The second kappa shape index (κ2) is 10.3. The predicted molar refractivity (Wildman–Crippen MR) is 104 cm³/mol. The summed E-state index contributed by atoms with van der Waals surface area (Å²) >= 11 is 0. The van der Waals surface area contributed by atoms with Crippen molar-refractivity contribution in [3.05, 3.63) is 59.4 Å². The molecule has 0 bridgehead atoms. The molecule has 0 aliphatic carbocycles. The Morgan fingerprint density at radius 1 is 1.07 bits per heavy atom. The standard InChI is InChI=1S/C20H26N4O3/c1-24(2)13-12-23-19(25)16-9-10-21-17(14-16)20(26)22-11-8-15-6-4-5-7-18(15)27-3/h4-7,9-10,14H,8,11-13H2,1-3H3,(H,22,26)(H,23,25). The SMILES string of the molecule is COc1ccccc1CCNC(=O)c1cc(C(=O)NCCN(C)C)ccn1. The third-order valence-electron chi connectivity index (χ3n) is 3.97. The summed E-state index contributed by atoms with van der Waals surface area (Å²) in [5, 5.41) is 5.65. The van der Waals surface area contributed by atoms with Crippen molar-refractivity contribution in [3.63, 3.8) is 0 Å². The number of aromatic nitrogens is 1. The van der Waals surface area contributed by atoms with Crippen LogP contribution >= 0.6 is 0 Å². The van der Waals surface area contributed by atoms with E-state index in [1.807, 2.05) is 43.3 Å². The zero-order valence-corrected chi connectivity index (χ0v) is 16.0. The molecule has 2 rings (SSSR count). The lowest BCUT2D eigenvalue weighted by atomic mass is 10.1. The Bertz CT molecular complexity index is 777. The van der Waals surface area contributed by atoms with Crippen LogP contribution in [0.1, 0.15) is 26.4 Å². The van der Waals surface area contributed by atoms with E-state index in [9.17, 15) is 9.59 Å². The van der Waals surface area contributed by atoms with Gasteiger partial charge < -0.3 is 20.3 Å². The van der Waals surface area contributed by atoms with Crippen LogP contribution in [-0.4, -0.2) is 62.5 Å². The average molecular weight is 370 g/mol. The number of carbonyl (C=O) groups excluding carboxylic acids is 2. The monoisotopic (exact) mass is 370 g/mol. The molecule has 7 nitrogen and oxygen atoms in total. The molecule has 0 fully saturated rings. The van der Waals surface area contributed by atoms with Gasteiger partial charge in [-0.15, -0.1) is 0 Å². The molecule has 27 heavy (non-hydrogen) atoms. The number of para-hydroxylation sites is 1.